The van der Waals surface area contributed by atoms with E-state index < -0.39 is 0 Å². The minimum atomic E-state index is 0. The van der Waals surface area contributed by atoms with E-state index in [4.69, 9.17) is 0 Å². The molecule has 0 nitrogen and oxygen atoms in total. The summed E-state index contributed by atoms with van der Waals surface area (Å²) in [5.41, 5.74) is 0. The molecule has 0 bridgehead atoms. The molecular weight excluding hydrogens is 179 g/mol. The second-order valence-corrected chi connectivity index (χ2v) is 0. The zero-order valence-electron chi connectivity index (χ0n) is 2.09. The number of hydrogen-bond donors (Lipinski definition) is 0. The summed E-state index contributed by atoms with van der Waals surface area (Å²) in [4.78, 5) is 0. The van der Waals surface area contributed by atoms with Crippen molar-refractivity contribution in [1.82, 2.24) is 0 Å². The van der Waals surface area contributed by atoms with Crippen LogP contribution in [0.5, 0.6) is 0 Å². The van der Waals surface area contributed by atoms with Gasteiger partial charge in [-0.05, 0) is 0 Å². The second-order valence-electron chi connectivity index (χ2n) is 0. The Bertz CT molecular complexity index is 6.00. The van der Waals surface area contributed by atoms with Crippen LogP contribution < -0.4 is 0 Å². The van der Waals surface area contributed by atoms with Crippen LogP contribution in [0, 0.1) is 0 Å². The van der Waals surface area contributed by atoms with E-state index in [1.165, 1.54) is 0 Å². The molecule has 0 saturated heterocycles. The van der Waals surface area contributed by atoms with Crippen LogP contribution in [0.3, 0.4) is 0 Å². The second kappa shape index (κ2) is 23.8. The molecule has 0 N–H and O–H groups in total. The van der Waals surface area contributed by atoms with Crippen molar-refractivity contribution in [1.29, 1.82) is 0 Å². The summed E-state index contributed by atoms with van der Waals surface area (Å²) in [7, 11) is 0. The Morgan fingerprint density at radius 2 is 1.25 bits per heavy atom. The Kier molecular flexibility index (Phi) is 105. The minimum absolute atomic E-state index is 0. The Labute approximate surface area is 55.9 Å². The Morgan fingerprint density at radius 1 is 1.25 bits per heavy atom. The molecule has 0 heterocycles. The van der Waals surface area contributed by atoms with Gasteiger partial charge in [-0.1, -0.05) is 0 Å². The summed E-state index contributed by atoms with van der Waals surface area (Å²) in [6, 6.07) is 0. The third kappa shape index (κ3) is 9.59. The van der Waals surface area contributed by atoms with E-state index in [9.17, 15) is 0 Å². The van der Waals surface area contributed by atoms with Crippen LogP contribution in [0.25, 0.3) is 0 Å². The Hall–Kier alpha value is 1.56. The summed E-state index contributed by atoms with van der Waals surface area (Å²) in [5.74, 6) is 1.75. The van der Waals surface area contributed by atoms with Gasteiger partial charge in [0.2, 0.25) is 0 Å². The zero-order valence-corrected chi connectivity index (χ0v) is 5.47. The third-order valence-corrected chi connectivity index (χ3v) is 0. The first-order valence-corrected chi connectivity index (χ1v) is 1.46. The van der Waals surface area contributed by atoms with Gasteiger partial charge >= 0.3 is 21.8 Å². The normalized spacial score (nSPS) is 1.50. The largest absolute Gasteiger partial charge is 0 e. The first-order valence-electron chi connectivity index (χ1n) is 0.354. The third-order valence-electron chi connectivity index (χ3n) is 0. The fraction of sp³-hybridized carbons (Fsp3) is 1.00. The van der Waals surface area contributed by atoms with Crippen LogP contribution in [-0.4, -0.2) is 0 Å². The van der Waals surface area contributed by atoms with Crippen molar-refractivity contribution in [2.45, 2.75) is 5.82 Å². The Morgan fingerprint density at radius 3 is 1.25 bits per heavy atom. The molecule has 3 heteroatoms. The van der Waals surface area contributed by atoms with Gasteiger partial charge in [-0.3, -0.25) is 0 Å². The van der Waals surface area contributed by atoms with Crippen molar-refractivity contribution in [3.05, 3.63) is 0 Å². The van der Waals surface area contributed by atoms with E-state index in [-0.39, 0.29) is 34.1 Å². The van der Waals surface area contributed by atoms with Gasteiger partial charge < -0.3 is 0 Å². The fourth-order valence-corrected chi connectivity index (χ4v) is 0. The van der Waals surface area contributed by atoms with E-state index in [0.717, 1.165) is 0 Å². The molecule has 0 atom stereocenters. The molecule has 0 aliphatic heterocycles. The van der Waals surface area contributed by atoms with Crippen LogP contribution in [0.2, 0.25) is 5.82 Å². The minimum Gasteiger partial charge on any atom is 0 e. The summed E-state index contributed by atoms with van der Waals surface area (Å²) in [5, 5.41) is 0. The van der Waals surface area contributed by atoms with Crippen molar-refractivity contribution >= 4 is 0 Å². The van der Waals surface area contributed by atoms with Crippen molar-refractivity contribution in [2.24, 2.45) is 0 Å². The van der Waals surface area contributed by atoms with Gasteiger partial charge in [-0.15, -0.1) is 0 Å². The monoisotopic (exact) mass is 182 g/mol. The van der Waals surface area contributed by atoms with Gasteiger partial charge in [-0.25, -0.2) is 0 Å². The van der Waals surface area contributed by atoms with Gasteiger partial charge in [0, 0.05) is 34.1 Å². The van der Waals surface area contributed by atoms with E-state index in [1.807, 2.05) is 0 Å². The molecule has 30 valence electrons. The van der Waals surface area contributed by atoms with E-state index in [1.54, 1.807) is 5.82 Å². The van der Waals surface area contributed by atoms with E-state index in [0.29, 0.717) is 0 Å². The molecule has 0 fully saturated rings. The molecule has 0 amide bonds. The van der Waals surface area contributed by atoms with Crippen molar-refractivity contribution in [3.63, 3.8) is 0 Å². The van der Waals surface area contributed by atoms with Gasteiger partial charge in [0.15, 0.2) is 0 Å². The summed E-state index contributed by atoms with van der Waals surface area (Å²) in [6.45, 7) is 0. The molecule has 0 unspecified atom stereocenters. The standard InChI is InChI=1S/CH3.2Fe.Mn/h1H3;;;. The van der Waals surface area contributed by atoms with Crippen LogP contribution in [0.1, 0.15) is 0 Å². The molecule has 0 aliphatic carbocycles. The van der Waals surface area contributed by atoms with Gasteiger partial charge in [-0.2, -0.15) is 0 Å². The van der Waals surface area contributed by atoms with Crippen LogP contribution in [0.15, 0.2) is 0 Å². The van der Waals surface area contributed by atoms with Crippen LogP contribution >= 0.6 is 0 Å². The fourth-order valence-electron chi connectivity index (χ4n) is 0. The number of rotatable bonds is 0. The molecule has 4 heavy (non-hydrogen) atoms. The summed E-state index contributed by atoms with van der Waals surface area (Å²) >= 11 is 3.25. The maximum Gasteiger partial charge on any atom is 0 e. The summed E-state index contributed by atoms with van der Waals surface area (Å²) < 4.78 is 0. The molecule has 0 spiro atoms. The first-order chi connectivity index (χ1) is 1.00. The van der Waals surface area contributed by atoms with Gasteiger partial charge in [0.25, 0.3) is 0 Å². The summed E-state index contributed by atoms with van der Waals surface area (Å²) in [6.07, 6.45) is 0. The van der Waals surface area contributed by atoms with Crippen LogP contribution in [0.4, 0.5) is 0 Å². The smallest absolute Gasteiger partial charge is 0 e. The maximum atomic E-state index is 3.25. The SMILES string of the molecule is [CH3][Fe].[Fe].[Mn]. The van der Waals surface area contributed by atoms with Crippen molar-refractivity contribution in [3.8, 4) is 0 Å². The molecule has 0 rings (SSSR count). The quantitative estimate of drug-likeness (QED) is 0.480. The first kappa shape index (κ1) is 17.6. The van der Waals surface area contributed by atoms with Gasteiger partial charge in [0.05, 0.1) is 0 Å². The topological polar surface area (TPSA) is 0 Å². The molecule has 0 aromatic carbocycles. The van der Waals surface area contributed by atoms with Crippen molar-refractivity contribution in [2.75, 3.05) is 0 Å². The van der Waals surface area contributed by atoms with Crippen molar-refractivity contribution < 1.29 is 50.2 Å². The molecule has 0 aromatic rings. The zero-order chi connectivity index (χ0) is 2.00. The molecule has 0 aromatic heterocycles. The average Bonchev–Trinajstić information content (AvgIpc) is 1.00. The maximum absolute atomic E-state index is 3.25. The Balaban J connectivity index is -0.00000000500. The molecule has 1 radical (unpaired) electrons. The predicted octanol–water partition coefficient (Wildman–Crippen LogP) is 0.576. The van der Waals surface area contributed by atoms with E-state index >= 15 is 0 Å². The average molecular weight is 182 g/mol. The van der Waals surface area contributed by atoms with Crippen LogP contribution in [-0.2, 0) is 50.2 Å². The molecular formula is CH3Fe2Mn. The number of hydrogen-bond acceptors (Lipinski definition) is 0. The van der Waals surface area contributed by atoms with Gasteiger partial charge in [0.1, 0.15) is 0 Å². The molecule has 0 saturated carbocycles. The predicted molar refractivity (Wildman–Crippen MR) is 5.86 cm³/mol. The van der Waals surface area contributed by atoms with E-state index in [2.05, 4.69) is 16.0 Å². The molecule has 0 aliphatic rings.